The molecule has 0 radical (unpaired) electrons. The third-order valence-corrected chi connectivity index (χ3v) is 4.84. The van der Waals surface area contributed by atoms with Crippen LogP contribution in [0.1, 0.15) is 25.0 Å². The van der Waals surface area contributed by atoms with E-state index in [9.17, 15) is 18.4 Å². The van der Waals surface area contributed by atoms with E-state index in [1.165, 1.54) is 10.9 Å². The molecule has 2 aromatic rings. The molecule has 0 spiro atoms. The van der Waals surface area contributed by atoms with Crippen molar-refractivity contribution in [2.75, 3.05) is 19.6 Å². The Labute approximate surface area is 149 Å². The van der Waals surface area contributed by atoms with E-state index in [4.69, 9.17) is 0 Å². The van der Waals surface area contributed by atoms with Gasteiger partial charge in [-0.05, 0) is 37.9 Å². The van der Waals surface area contributed by atoms with Gasteiger partial charge in [-0.25, -0.2) is 13.8 Å². The number of hydrogen-bond donors (Lipinski definition) is 0. The first-order valence-corrected chi connectivity index (χ1v) is 8.75. The molecule has 8 heteroatoms. The SMILES string of the molecule is O=c1ccccn1CCN1CCC(Cn2cnc(C(F)F)cc2=O)CC1. The van der Waals surface area contributed by atoms with Crippen molar-refractivity contribution in [3.8, 4) is 0 Å². The highest BCUT2D eigenvalue weighted by Gasteiger charge is 2.20. The van der Waals surface area contributed by atoms with Gasteiger partial charge in [-0.15, -0.1) is 0 Å². The standard InChI is InChI=1S/C18H22F2N4O2/c19-18(20)15-11-17(26)24(13-21-15)12-14-4-7-22(8-5-14)9-10-23-6-2-1-3-16(23)25/h1-3,6,11,13-14,18H,4-5,7-10,12H2. The average molecular weight is 364 g/mol. The third kappa shape index (κ3) is 4.63. The fraction of sp³-hybridized carbons (Fsp3) is 0.500. The summed E-state index contributed by atoms with van der Waals surface area (Å²) < 4.78 is 28.2. The summed E-state index contributed by atoms with van der Waals surface area (Å²) in [4.78, 5) is 29.6. The minimum absolute atomic E-state index is 0.00139. The highest BCUT2D eigenvalue weighted by atomic mass is 19.3. The van der Waals surface area contributed by atoms with Crippen LogP contribution >= 0.6 is 0 Å². The maximum absolute atomic E-state index is 12.6. The van der Waals surface area contributed by atoms with Crippen LogP contribution in [0.4, 0.5) is 8.78 Å². The number of rotatable bonds is 6. The van der Waals surface area contributed by atoms with Gasteiger partial charge in [0.2, 0.25) is 0 Å². The Morgan fingerprint density at radius 1 is 1.08 bits per heavy atom. The predicted octanol–water partition coefficient (Wildman–Crippen LogP) is 1.75. The Kier molecular flexibility index (Phi) is 5.92. The van der Waals surface area contributed by atoms with Crippen molar-refractivity contribution in [3.63, 3.8) is 0 Å². The van der Waals surface area contributed by atoms with E-state index in [1.807, 2.05) is 6.07 Å². The Bertz CT molecular complexity index is 841. The molecule has 1 fully saturated rings. The number of alkyl halides is 2. The second kappa shape index (κ2) is 8.35. The fourth-order valence-electron chi connectivity index (χ4n) is 3.26. The second-order valence-electron chi connectivity index (χ2n) is 6.62. The molecule has 3 heterocycles. The van der Waals surface area contributed by atoms with Crippen LogP contribution in [-0.2, 0) is 13.1 Å². The highest BCUT2D eigenvalue weighted by Crippen LogP contribution is 2.19. The minimum atomic E-state index is -2.72. The van der Waals surface area contributed by atoms with E-state index in [0.29, 0.717) is 19.0 Å². The van der Waals surface area contributed by atoms with Crippen LogP contribution in [0.25, 0.3) is 0 Å². The Morgan fingerprint density at radius 2 is 1.85 bits per heavy atom. The van der Waals surface area contributed by atoms with Crippen molar-refractivity contribution in [2.45, 2.75) is 32.4 Å². The smallest absolute Gasteiger partial charge is 0.280 e. The van der Waals surface area contributed by atoms with Crippen molar-refractivity contribution in [1.29, 1.82) is 0 Å². The van der Waals surface area contributed by atoms with Gasteiger partial charge in [-0.3, -0.25) is 14.2 Å². The summed E-state index contributed by atoms with van der Waals surface area (Å²) in [7, 11) is 0. The monoisotopic (exact) mass is 364 g/mol. The Balaban J connectivity index is 1.49. The van der Waals surface area contributed by atoms with Crippen LogP contribution in [0, 0.1) is 5.92 Å². The Morgan fingerprint density at radius 3 is 2.50 bits per heavy atom. The summed E-state index contributed by atoms with van der Waals surface area (Å²) in [6, 6.07) is 6.04. The second-order valence-corrected chi connectivity index (χ2v) is 6.62. The van der Waals surface area contributed by atoms with E-state index >= 15 is 0 Å². The highest BCUT2D eigenvalue weighted by molar-refractivity contribution is 5.01. The molecule has 0 atom stereocenters. The van der Waals surface area contributed by atoms with Crippen molar-refractivity contribution in [2.24, 2.45) is 5.92 Å². The number of likely N-dealkylation sites (tertiary alicyclic amines) is 1. The summed E-state index contributed by atoms with van der Waals surface area (Å²) in [5, 5.41) is 0. The van der Waals surface area contributed by atoms with E-state index in [2.05, 4.69) is 9.88 Å². The molecular weight excluding hydrogens is 342 g/mol. The number of halogens is 2. The summed E-state index contributed by atoms with van der Waals surface area (Å²) in [6.45, 7) is 3.75. The van der Waals surface area contributed by atoms with Crippen LogP contribution in [-0.4, -0.2) is 38.7 Å². The van der Waals surface area contributed by atoms with Gasteiger partial charge in [-0.2, -0.15) is 0 Å². The molecule has 6 nitrogen and oxygen atoms in total. The minimum Gasteiger partial charge on any atom is -0.314 e. The van der Waals surface area contributed by atoms with Gasteiger partial charge in [0.05, 0.1) is 6.33 Å². The van der Waals surface area contributed by atoms with E-state index < -0.39 is 17.7 Å². The molecule has 0 unspecified atom stereocenters. The van der Waals surface area contributed by atoms with Crippen LogP contribution in [0.5, 0.6) is 0 Å². The van der Waals surface area contributed by atoms with Crippen molar-refractivity contribution < 1.29 is 8.78 Å². The molecule has 3 rings (SSSR count). The van der Waals surface area contributed by atoms with Gasteiger partial charge in [0.15, 0.2) is 0 Å². The van der Waals surface area contributed by atoms with Gasteiger partial charge >= 0.3 is 0 Å². The average Bonchev–Trinajstić information content (AvgIpc) is 2.64. The lowest BCUT2D eigenvalue weighted by Gasteiger charge is -2.32. The maximum atomic E-state index is 12.6. The lowest BCUT2D eigenvalue weighted by molar-refractivity contribution is 0.144. The third-order valence-electron chi connectivity index (χ3n) is 4.84. The summed E-state index contributed by atoms with van der Waals surface area (Å²) in [5.74, 6) is 0.322. The topological polar surface area (TPSA) is 60.1 Å². The number of aromatic nitrogens is 3. The van der Waals surface area contributed by atoms with Crippen LogP contribution in [0.2, 0.25) is 0 Å². The summed E-state index contributed by atoms with van der Waals surface area (Å²) >= 11 is 0. The van der Waals surface area contributed by atoms with Gasteiger partial charge in [0.25, 0.3) is 17.5 Å². The molecule has 0 bridgehead atoms. The zero-order valence-corrected chi connectivity index (χ0v) is 14.4. The fourth-order valence-corrected chi connectivity index (χ4v) is 3.26. The summed E-state index contributed by atoms with van der Waals surface area (Å²) in [5.41, 5.74) is -0.903. The van der Waals surface area contributed by atoms with E-state index in [0.717, 1.165) is 38.5 Å². The lowest BCUT2D eigenvalue weighted by Crippen LogP contribution is -2.38. The molecule has 26 heavy (non-hydrogen) atoms. The first-order chi connectivity index (χ1) is 12.5. The van der Waals surface area contributed by atoms with E-state index in [-0.39, 0.29) is 5.56 Å². The van der Waals surface area contributed by atoms with Gasteiger partial charge in [-0.1, -0.05) is 6.07 Å². The molecule has 0 N–H and O–H groups in total. The van der Waals surface area contributed by atoms with Crippen molar-refractivity contribution >= 4 is 0 Å². The quantitative estimate of drug-likeness (QED) is 0.784. The molecule has 1 aliphatic rings. The predicted molar refractivity (Wildman–Crippen MR) is 93.3 cm³/mol. The van der Waals surface area contributed by atoms with Crippen LogP contribution < -0.4 is 11.1 Å². The normalized spacial score (nSPS) is 16.3. The first-order valence-electron chi connectivity index (χ1n) is 8.75. The van der Waals surface area contributed by atoms with Crippen molar-refractivity contribution in [1.82, 2.24) is 19.0 Å². The zero-order valence-electron chi connectivity index (χ0n) is 14.4. The molecule has 0 aromatic carbocycles. The number of pyridine rings is 1. The number of hydrogen-bond acceptors (Lipinski definition) is 4. The maximum Gasteiger partial charge on any atom is 0.280 e. The molecular formula is C18H22F2N4O2. The van der Waals surface area contributed by atoms with Crippen LogP contribution in [0.3, 0.4) is 0 Å². The van der Waals surface area contributed by atoms with Crippen molar-refractivity contribution in [3.05, 3.63) is 63.2 Å². The van der Waals surface area contributed by atoms with E-state index in [1.54, 1.807) is 22.9 Å². The first kappa shape index (κ1) is 18.4. The van der Waals surface area contributed by atoms with Gasteiger partial charge in [0.1, 0.15) is 5.69 Å². The lowest BCUT2D eigenvalue weighted by atomic mass is 9.96. The molecule has 2 aromatic heterocycles. The zero-order chi connectivity index (χ0) is 18.5. The number of nitrogens with zero attached hydrogens (tertiary/aromatic N) is 4. The Hall–Kier alpha value is -2.35. The number of piperidine rings is 1. The summed E-state index contributed by atoms with van der Waals surface area (Å²) in [6.07, 6.45) is 2.13. The van der Waals surface area contributed by atoms with Gasteiger partial charge in [0, 0.05) is 38.0 Å². The molecule has 140 valence electrons. The van der Waals surface area contributed by atoms with Gasteiger partial charge < -0.3 is 9.47 Å². The largest absolute Gasteiger partial charge is 0.314 e. The molecule has 0 aliphatic carbocycles. The molecule has 0 amide bonds. The molecule has 0 saturated carbocycles. The molecule has 1 saturated heterocycles. The van der Waals surface area contributed by atoms with Crippen LogP contribution in [0.15, 0.2) is 46.4 Å². The molecule has 1 aliphatic heterocycles.